The van der Waals surface area contributed by atoms with Gasteiger partial charge in [-0.15, -0.1) is 0 Å². The summed E-state index contributed by atoms with van der Waals surface area (Å²) in [6, 6.07) is 17.0. The molecule has 11 heteroatoms. The smallest absolute Gasteiger partial charge is 0.300 e. The number of amides is 2. The van der Waals surface area contributed by atoms with E-state index in [0.717, 1.165) is 5.56 Å². The van der Waals surface area contributed by atoms with E-state index in [-0.39, 0.29) is 35.7 Å². The van der Waals surface area contributed by atoms with Crippen LogP contribution in [0.2, 0.25) is 5.02 Å². The Morgan fingerprint density at radius 1 is 1.14 bits per heavy atom. The number of halogens is 1. The van der Waals surface area contributed by atoms with Crippen molar-refractivity contribution in [3.05, 3.63) is 87.1 Å². The highest BCUT2D eigenvalue weighted by molar-refractivity contribution is 6.30. The molecule has 10 nitrogen and oxygen atoms in total. The quantitative estimate of drug-likeness (QED) is 0.335. The van der Waals surface area contributed by atoms with Gasteiger partial charge in [-0.05, 0) is 54.7 Å². The van der Waals surface area contributed by atoms with Gasteiger partial charge in [-0.2, -0.15) is 0 Å². The first-order valence-corrected chi connectivity index (χ1v) is 12.0. The summed E-state index contributed by atoms with van der Waals surface area (Å²) < 4.78 is 10.5. The molecule has 0 spiro atoms. The molecule has 0 aliphatic carbocycles. The Balaban J connectivity index is 1.31. The molecule has 0 bridgehead atoms. The predicted octanol–water partition coefficient (Wildman–Crippen LogP) is 4.69. The van der Waals surface area contributed by atoms with E-state index >= 15 is 0 Å². The molecule has 1 aromatic heterocycles. The van der Waals surface area contributed by atoms with E-state index in [9.17, 15) is 19.7 Å². The lowest BCUT2D eigenvalue weighted by Crippen LogP contribution is -2.38. The van der Waals surface area contributed by atoms with E-state index in [1.807, 2.05) is 24.3 Å². The van der Waals surface area contributed by atoms with E-state index in [2.05, 4.69) is 10.3 Å². The number of nitrogens with one attached hydrogen (secondary N) is 1. The van der Waals surface area contributed by atoms with Gasteiger partial charge >= 0.3 is 5.69 Å². The summed E-state index contributed by atoms with van der Waals surface area (Å²) in [7, 11) is 1.39. The van der Waals surface area contributed by atoms with E-state index in [1.54, 1.807) is 29.2 Å². The lowest BCUT2D eigenvalue weighted by atomic mass is 9.89. The van der Waals surface area contributed by atoms with Gasteiger partial charge in [-0.1, -0.05) is 29.8 Å². The van der Waals surface area contributed by atoms with Crippen LogP contribution in [0.1, 0.15) is 34.8 Å². The van der Waals surface area contributed by atoms with Crippen molar-refractivity contribution in [2.75, 3.05) is 32.1 Å². The van der Waals surface area contributed by atoms with Gasteiger partial charge in [0, 0.05) is 35.9 Å². The molecule has 2 aromatic carbocycles. The SMILES string of the molecule is COc1ccc([N+](=O)[O-])c(C(=O)N2CCC(c3ccc(NC(=O)COc4cccc(Cl)c4)cc3)CC2)n1. The molecule has 0 unspecified atom stereocenters. The molecule has 1 fully saturated rings. The molecule has 2 heterocycles. The maximum atomic E-state index is 13.0. The number of hydrogen-bond donors (Lipinski definition) is 1. The molecule has 0 radical (unpaired) electrons. The lowest BCUT2D eigenvalue weighted by molar-refractivity contribution is -0.385. The molecule has 1 aliphatic rings. The van der Waals surface area contributed by atoms with Crippen LogP contribution in [0.15, 0.2) is 60.7 Å². The second kappa shape index (κ2) is 11.7. The predicted molar refractivity (Wildman–Crippen MR) is 137 cm³/mol. The fraction of sp³-hybridized carbons (Fsp3) is 0.269. The number of carbonyl (C=O) groups is 2. The zero-order chi connectivity index (χ0) is 26.4. The number of nitro groups is 1. The highest BCUT2D eigenvalue weighted by Crippen LogP contribution is 2.30. The largest absolute Gasteiger partial charge is 0.484 e. The van der Waals surface area contributed by atoms with Crippen molar-refractivity contribution in [1.82, 2.24) is 9.88 Å². The minimum atomic E-state index is -0.615. The minimum absolute atomic E-state index is 0.144. The van der Waals surface area contributed by atoms with Crippen molar-refractivity contribution in [1.29, 1.82) is 0 Å². The molecule has 1 saturated heterocycles. The molecule has 192 valence electrons. The van der Waals surface area contributed by atoms with E-state index in [4.69, 9.17) is 21.1 Å². The van der Waals surface area contributed by atoms with Crippen molar-refractivity contribution in [3.8, 4) is 11.6 Å². The molecule has 1 N–H and O–H groups in total. The number of rotatable bonds is 8. The lowest BCUT2D eigenvalue weighted by Gasteiger charge is -2.32. The van der Waals surface area contributed by atoms with Crippen LogP contribution < -0.4 is 14.8 Å². The Hall–Kier alpha value is -4.18. The summed E-state index contributed by atoms with van der Waals surface area (Å²) >= 11 is 5.92. The number of anilines is 1. The molecule has 1 aliphatic heterocycles. The van der Waals surface area contributed by atoms with Crippen LogP contribution in [0.5, 0.6) is 11.6 Å². The van der Waals surface area contributed by atoms with Crippen molar-refractivity contribution >= 4 is 34.8 Å². The van der Waals surface area contributed by atoms with Gasteiger partial charge in [0.1, 0.15) is 5.75 Å². The number of aromatic nitrogens is 1. The van der Waals surface area contributed by atoms with E-state index in [0.29, 0.717) is 42.4 Å². The van der Waals surface area contributed by atoms with Crippen molar-refractivity contribution < 1.29 is 24.0 Å². The molecular weight excluding hydrogens is 500 g/mol. The average Bonchev–Trinajstić information content (AvgIpc) is 2.91. The maximum Gasteiger partial charge on any atom is 0.300 e. The van der Waals surface area contributed by atoms with Crippen molar-refractivity contribution in [3.63, 3.8) is 0 Å². The molecule has 4 rings (SSSR count). The van der Waals surface area contributed by atoms with Crippen LogP contribution in [0.25, 0.3) is 0 Å². The summed E-state index contributed by atoms with van der Waals surface area (Å²) in [6.07, 6.45) is 1.39. The molecule has 0 saturated carbocycles. The fourth-order valence-corrected chi connectivity index (χ4v) is 4.34. The van der Waals surface area contributed by atoms with Crippen LogP contribution in [0.3, 0.4) is 0 Å². The van der Waals surface area contributed by atoms with Crippen LogP contribution >= 0.6 is 11.6 Å². The Morgan fingerprint density at radius 3 is 2.51 bits per heavy atom. The number of ether oxygens (including phenoxy) is 2. The van der Waals surface area contributed by atoms with Crippen molar-refractivity contribution in [2.24, 2.45) is 0 Å². The first-order valence-electron chi connectivity index (χ1n) is 11.6. The standard InChI is InChI=1S/C26H25ClN4O6/c1-36-24-10-9-22(31(34)35)25(29-24)26(33)30-13-11-18(12-14-30)17-5-7-20(8-6-17)28-23(32)16-37-21-4-2-3-19(27)15-21/h2-10,15,18H,11-14,16H2,1H3,(H,28,32). The summed E-state index contributed by atoms with van der Waals surface area (Å²) in [5, 5.41) is 14.7. The summed E-state index contributed by atoms with van der Waals surface area (Å²) in [5.41, 5.74) is 1.17. The number of nitrogens with zero attached hydrogens (tertiary/aromatic N) is 3. The number of carbonyl (C=O) groups excluding carboxylic acids is 2. The first kappa shape index (κ1) is 25.9. The van der Waals surface area contributed by atoms with Gasteiger partial charge in [-0.25, -0.2) is 4.98 Å². The number of pyridine rings is 1. The molecular formula is C26H25ClN4O6. The summed E-state index contributed by atoms with van der Waals surface area (Å²) in [5.74, 6) is 0.0989. The maximum absolute atomic E-state index is 13.0. The van der Waals surface area contributed by atoms with E-state index < -0.39 is 10.8 Å². The number of hydrogen-bond acceptors (Lipinski definition) is 7. The number of methoxy groups -OCH3 is 1. The molecule has 37 heavy (non-hydrogen) atoms. The fourth-order valence-electron chi connectivity index (χ4n) is 4.16. The number of piperidine rings is 1. The van der Waals surface area contributed by atoms with Crippen LogP contribution in [0, 0.1) is 10.1 Å². The second-order valence-corrected chi connectivity index (χ2v) is 8.90. The third-order valence-electron chi connectivity index (χ3n) is 6.07. The van der Waals surface area contributed by atoms with Gasteiger partial charge in [0.2, 0.25) is 11.6 Å². The van der Waals surface area contributed by atoms with Gasteiger partial charge < -0.3 is 19.7 Å². The highest BCUT2D eigenvalue weighted by Gasteiger charge is 2.30. The molecule has 2 amide bonds. The molecule has 3 aromatic rings. The third-order valence-corrected chi connectivity index (χ3v) is 6.31. The summed E-state index contributed by atoms with van der Waals surface area (Å²) in [4.78, 5) is 41.6. The summed E-state index contributed by atoms with van der Waals surface area (Å²) in [6.45, 7) is 0.743. The van der Waals surface area contributed by atoms with Crippen LogP contribution in [-0.2, 0) is 4.79 Å². The number of likely N-dealkylation sites (tertiary alicyclic amines) is 1. The zero-order valence-corrected chi connectivity index (χ0v) is 20.8. The molecule has 0 atom stereocenters. The van der Waals surface area contributed by atoms with Gasteiger partial charge in [0.25, 0.3) is 11.8 Å². The van der Waals surface area contributed by atoms with Gasteiger partial charge in [0.15, 0.2) is 6.61 Å². The first-order chi connectivity index (χ1) is 17.8. The second-order valence-electron chi connectivity index (χ2n) is 8.46. The Labute approximate surface area is 218 Å². The van der Waals surface area contributed by atoms with Gasteiger partial charge in [-0.3, -0.25) is 19.7 Å². The van der Waals surface area contributed by atoms with E-state index in [1.165, 1.54) is 19.2 Å². The van der Waals surface area contributed by atoms with Crippen LogP contribution in [-0.4, -0.2) is 53.4 Å². The van der Waals surface area contributed by atoms with Crippen molar-refractivity contribution in [2.45, 2.75) is 18.8 Å². The highest BCUT2D eigenvalue weighted by atomic mass is 35.5. The monoisotopic (exact) mass is 524 g/mol. The van der Waals surface area contributed by atoms with Gasteiger partial charge in [0.05, 0.1) is 12.0 Å². The topological polar surface area (TPSA) is 124 Å². The third kappa shape index (κ3) is 6.53. The Morgan fingerprint density at radius 2 is 1.86 bits per heavy atom. The minimum Gasteiger partial charge on any atom is -0.484 e. The zero-order valence-electron chi connectivity index (χ0n) is 20.1. The van der Waals surface area contributed by atoms with Crippen LogP contribution in [0.4, 0.5) is 11.4 Å². The Bertz CT molecular complexity index is 1290. The average molecular weight is 525 g/mol. The normalized spacial score (nSPS) is 13.6. The number of benzene rings is 2. The Kier molecular flexibility index (Phi) is 8.19.